The van der Waals surface area contributed by atoms with Crippen molar-refractivity contribution in [2.45, 2.75) is 112 Å². The highest BCUT2D eigenvalue weighted by Crippen LogP contribution is 2.40. The third-order valence-electron chi connectivity index (χ3n) is 12.7. The van der Waals surface area contributed by atoms with Crippen molar-refractivity contribution in [3.05, 3.63) is 123 Å². The lowest BCUT2D eigenvalue weighted by atomic mass is 9.85. The third kappa shape index (κ3) is 9.73. The second-order valence-corrected chi connectivity index (χ2v) is 20.7. The molecule has 0 radical (unpaired) electrons. The first-order chi connectivity index (χ1) is 32.3. The second kappa shape index (κ2) is 19.2. The second-order valence-electron chi connectivity index (χ2n) is 18.7. The summed E-state index contributed by atoms with van der Waals surface area (Å²) >= 11 is 3.18. The average Bonchev–Trinajstić information content (AvgIpc) is 4.07. The molecule has 15 nitrogen and oxygen atoms in total. The number of amides is 3. The molecule has 0 saturated carbocycles. The van der Waals surface area contributed by atoms with Crippen molar-refractivity contribution in [2.24, 2.45) is 10.4 Å². The lowest BCUT2D eigenvalue weighted by Crippen LogP contribution is -2.59. The lowest BCUT2D eigenvalue weighted by molar-refractivity contribution is -0.145. The van der Waals surface area contributed by atoms with Crippen molar-refractivity contribution in [3.8, 4) is 32.3 Å². The molecule has 6 aromatic rings. The van der Waals surface area contributed by atoms with Crippen LogP contribution < -0.4 is 15.4 Å². The summed E-state index contributed by atoms with van der Waals surface area (Å²) in [6, 6.07) is 20.1. The third-order valence-corrected chi connectivity index (χ3v) is 14.8. The molecule has 5 heterocycles. The minimum absolute atomic E-state index is 0.0426. The number of rotatable bonds is 13. The molecule has 3 aromatic carbocycles. The van der Waals surface area contributed by atoms with Crippen LogP contribution in [0.3, 0.4) is 0 Å². The molecule has 1 fully saturated rings. The predicted molar refractivity (Wildman–Crippen MR) is 262 cm³/mol. The first-order valence-electron chi connectivity index (χ1n) is 22.6. The van der Waals surface area contributed by atoms with Crippen LogP contribution >= 0.6 is 22.7 Å². The van der Waals surface area contributed by atoms with Crippen molar-refractivity contribution in [1.29, 1.82) is 0 Å². The number of hydrogen-bond acceptors (Lipinski definition) is 12. The molecular weight excluding hydrogens is 901 g/mol. The Kier molecular flexibility index (Phi) is 13.5. The molecule has 8 rings (SSSR count). The van der Waals surface area contributed by atoms with Crippen LogP contribution in [0.1, 0.15) is 104 Å². The van der Waals surface area contributed by atoms with Crippen LogP contribution in [0.5, 0.6) is 5.75 Å². The standard InChI is InChI=1S/C51H56N8O7S2/c1-26-30(5)68-50-42(26)43(54-39(23-41(61)62)46-57-56-31(6)59(46)50)35-14-12-33(13-15-35)34-18-20-38(21-19-34)66-29(4)47(63)55-45(51(7,8)9)49(65)58-24-37(60)22-40(58)48(64)53-27(2)32-10-16-36(17-11-32)44-28(3)52-25-67-44/h10-21,25,27,29,37,39-40,45,60H,22-24H2,1-9H3,(H,53,64)(H,55,63)(H,61,62)/t27-,29?,37+,39-,40-,45+/m0/s1. The number of carboxylic acid groups (broad SMARTS) is 1. The number of nitrogens with zero attached hydrogens (tertiary/aromatic N) is 6. The number of fused-ring (bicyclic) bond motifs is 3. The lowest BCUT2D eigenvalue weighted by Gasteiger charge is -2.36. The van der Waals surface area contributed by atoms with Gasteiger partial charge in [0.15, 0.2) is 11.9 Å². The number of benzene rings is 3. The van der Waals surface area contributed by atoms with Gasteiger partial charge in [-0.1, -0.05) is 81.4 Å². The van der Waals surface area contributed by atoms with Gasteiger partial charge < -0.3 is 30.5 Å². The fourth-order valence-corrected chi connectivity index (χ4v) is 10.8. The number of aliphatic imine (C=N–C) groups is 1. The minimum atomic E-state index is -1.03. The molecule has 0 aliphatic carbocycles. The summed E-state index contributed by atoms with van der Waals surface area (Å²) < 4.78 is 8.03. The molecule has 3 amide bonds. The van der Waals surface area contributed by atoms with E-state index in [9.17, 15) is 29.4 Å². The number of carbonyl (C=O) groups is 4. The Morgan fingerprint density at radius 3 is 2.12 bits per heavy atom. The Hall–Kier alpha value is -6.56. The Morgan fingerprint density at radius 1 is 0.868 bits per heavy atom. The number of aliphatic carboxylic acids is 1. The monoisotopic (exact) mass is 956 g/mol. The number of carbonyl (C=O) groups excluding carboxylic acids is 3. The van der Waals surface area contributed by atoms with Crippen LogP contribution in [0, 0.1) is 33.1 Å². The normalized spacial score (nSPS) is 18.1. The van der Waals surface area contributed by atoms with Crippen LogP contribution in [-0.2, 0) is 19.2 Å². The van der Waals surface area contributed by atoms with Gasteiger partial charge in [-0.25, -0.2) is 4.98 Å². The fourth-order valence-electron chi connectivity index (χ4n) is 8.77. The average molecular weight is 957 g/mol. The van der Waals surface area contributed by atoms with E-state index in [4.69, 9.17) is 9.73 Å². The maximum atomic E-state index is 14.3. The zero-order chi connectivity index (χ0) is 48.8. The summed E-state index contributed by atoms with van der Waals surface area (Å²) in [7, 11) is 0. The number of aryl methyl sites for hydroxylation is 3. The summed E-state index contributed by atoms with van der Waals surface area (Å²) in [5.41, 5.74) is 9.30. The number of carboxylic acids is 1. The molecule has 3 aromatic heterocycles. The highest BCUT2D eigenvalue weighted by molar-refractivity contribution is 7.15. The number of thiophene rings is 1. The Balaban J connectivity index is 0.918. The van der Waals surface area contributed by atoms with Gasteiger partial charge in [0, 0.05) is 29.0 Å². The molecule has 1 unspecified atom stereocenters. The largest absolute Gasteiger partial charge is 0.481 e. The molecular formula is C51H56N8O7S2. The molecule has 2 aliphatic rings. The quantitative estimate of drug-likeness (QED) is 0.0883. The van der Waals surface area contributed by atoms with Crippen molar-refractivity contribution < 1.29 is 34.1 Å². The van der Waals surface area contributed by atoms with Crippen molar-refractivity contribution in [2.75, 3.05) is 6.54 Å². The number of thiazole rings is 1. The summed E-state index contributed by atoms with van der Waals surface area (Å²) in [6.07, 6.45) is -2.04. The number of nitrogens with one attached hydrogen (secondary N) is 2. The number of likely N-dealkylation sites (tertiary alicyclic amines) is 1. The molecule has 4 N–H and O–H groups in total. The van der Waals surface area contributed by atoms with Crippen molar-refractivity contribution in [1.82, 2.24) is 35.3 Å². The number of aliphatic hydroxyl groups is 1. The van der Waals surface area contributed by atoms with E-state index < -0.39 is 53.5 Å². The highest BCUT2D eigenvalue weighted by atomic mass is 32.1. The number of β-amino-alcohol motifs (C(OH)–C–C–N with tert-alkyl or cyclic N) is 1. The van der Waals surface area contributed by atoms with Gasteiger partial charge in [-0.15, -0.1) is 32.9 Å². The number of aliphatic hydroxyl groups excluding tert-OH is 1. The van der Waals surface area contributed by atoms with Gasteiger partial charge in [0.05, 0.1) is 40.4 Å². The maximum absolute atomic E-state index is 14.3. The molecule has 2 aliphatic heterocycles. The smallest absolute Gasteiger partial charge is 0.306 e. The molecule has 1 saturated heterocycles. The van der Waals surface area contributed by atoms with E-state index in [1.165, 1.54) is 4.90 Å². The van der Waals surface area contributed by atoms with Crippen LogP contribution in [-0.4, -0.2) is 95.1 Å². The van der Waals surface area contributed by atoms with E-state index in [1.54, 1.807) is 41.7 Å². The zero-order valence-electron chi connectivity index (χ0n) is 39.5. The van der Waals surface area contributed by atoms with Gasteiger partial charge in [-0.2, -0.15) is 0 Å². The topological polar surface area (TPSA) is 201 Å². The van der Waals surface area contributed by atoms with E-state index in [2.05, 4.69) is 39.7 Å². The van der Waals surface area contributed by atoms with E-state index in [-0.39, 0.29) is 31.3 Å². The predicted octanol–water partition coefficient (Wildman–Crippen LogP) is 7.86. The van der Waals surface area contributed by atoms with Gasteiger partial charge in [-0.3, -0.25) is 28.7 Å². The number of ether oxygens (including phenoxy) is 1. The SMILES string of the molecule is Cc1ncsc1-c1ccc([C@H](C)NC(=O)[C@@H]2C[C@@H](O)CN2C(=O)[C@@H](NC(=O)C(C)Oc2ccc(-c3ccc(C4=N[C@@H](CC(=O)O)c5nnc(C)n5-c5sc(C)c(C)c54)cc3)cc2)C(C)(C)C)cc1. The first-order valence-corrected chi connectivity index (χ1v) is 24.3. The molecule has 0 bridgehead atoms. The number of aromatic nitrogens is 4. The van der Waals surface area contributed by atoms with Gasteiger partial charge >= 0.3 is 5.97 Å². The summed E-state index contributed by atoms with van der Waals surface area (Å²) in [6.45, 7) is 16.9. The molecule has 354 valence electrons. The molecule has 17 heteroatoms. The maximum Gasteiger partial charge on any atom is 0.306 e. The van der Waals surface area contributed by atoms with Gasteiger partial charge in [0.25, 0.3) is 5.91 Å². The van der Waals surface area contributed by atoms with Crippen molar-refractivity contribution >= 4 is 52.1 Å². The van der Waals surface area contributed by atoms with Gasteiger partial charge in [0.1, 0.15) is 34.7 Å². The first kappa shape index (κ1) is 47.9. The molecule has 0 spiro atoms. The van der Waals surface area contributed by atoms with Gasteiger partial charge in [0.2, 0.25) is 11.8 Å². The summed E-state index contributed by atoms with van der Waals surface area (Å²) in [5.74, 6) is -0.723. The highest BCUT2D eigenvalue weighted by Gasteiger charge is 2.45. The van der Waals surface area contributed by atoms with Crippen LogP contribution in [0.15, 0.2) is 83.3 Å². The summed E-state index contributed by atoms with van der Waals surface area (Å²) in [4.78, 5) is 66.8. The van der Waals surface area contributed by atoms with Crippen molar-refractivity contribution in [3.63, 3.8) is 0 Å². The Morgan fingerprint density at radius 2 is 1.50 bits per heavy atom. The molecule has 68 heavy (non-hydrogen) atoms. The minimum Gasteiger partial charge on any atom is -0.481 e. The summed E-state index contributed by atoms with van der Waals surface area (Å²) in [5, 5.41) is 36.0. The van der Waals surface area contributed by atoms with Gasteiger partial charge in [-0.05, 0) is 86.9 Å². The Bertz CT molecular complexity index is 2900. The zero-order valence-corrected chi connectivity index (χ0v) is 41.2. The Labute approximate surface area is 403 Å². The van der Waals surface area contributed by atoms with E-state index in [0.29, 0.717) is 23.1 Å². The van der Waals surface area contributed by atoms with E-state index in [0.717, 1.165) is 59.4 Å². The molecule has 6 atom stereocenters. The fraction of sp³-hybridized carbons (Fsp3) is 0.373. The van der Waals surface area contributed by atoms with Crippen LogP contribution in [0.2, 0.25) is 0 Å². The van der Waals surface area contributed by atoms with Crippen LogP contribution in [0.25, 0.3) is 26.6 Å². The van der Waals surface area contributed by atoms with E-state index >= 15 is 0 Å². The number of hydrogen-bond donors (Lipinski definition) is 4. The van der Waals surface area contributed by atoms with E-state index in [1.807, 2.05) is 112 Å². The van der Waals surface area contributed by atoms with Crippen LogP contribution in [0.4, 0.5) is 0 Å².